The fourth-order valence-corrected chi connectivity index (χ4v) is 4.14. The maximum atomic E-state index is 12.8. The third-order valence-corrected chi connectivity index (χ3v) is 5.86. The van der Waals surface area contributed by atoms with E-state index < -0.39 is 5.97 Å². The first kappa shape index (κ1) is 21.6. The Balaban J connectivity index is 1.49. The van der Waals surface area contributed by atoms with Crippen molar-refractivity contribution in [1.29, 1.82) is 0 Å². The van der Waals surface area contributed by atoms with Gasteiger partial charge in [-0.25, -0.2) is 4.79 Å². The number of imide groups is 1. The van der Waals surface area contributed by atoms with Crippen molar-refractivity contribution in [3.05, 3.63) is 106 Å². The molecule has 1 aliphatic heterocycles. The van der Waals surface area contributed by atoms with Gasteiger partial charge in [0.1, 0.15) is 5.75 Å². The van der Waals surface area contributed by atoms with E-state index in [0.29, 0.717) is 21.8 Å². The average Bonchev–Trinajstić information content (AvgIpc) is 3.02. The van der Waals surface area contributed by atoms with E-state index in [1.54, 1.807) is 42.5 Å². The molecular weight excluding hydrogens is 422 g/mol. The first-order chi connectivity index (χ1) is 15.4. The molecule has 2 amide bonds. The zero-order valence-electron chi connectivity index (χ0n) is 17.7. The molecule has 1 heterocycles. The minimum Gasteiger partial charge on any atom is -0.423 e. The number of thioether (sulfide) groups is 1. The van der Waals surface area contributed by atoms with E-state index in [2.05, 4.69) is 0 Å². The second-order valence-corrected chi connectivity index (χ2v) is 8.58. The molecule has 0 aliphatic carbocycles. The highest BCUT2D eigenvalue weighted by Gasteiger charge is 2.35. The summed E-state index contributed by atoms with van der Waals surface area (Å²) in [7, 11) is 0. The Morgan fingerprint density at radius 1 is 0.938 bits per heavy atom. The zero-order valence-corrected chi connectivity index (χ0v) is 18.5. The monoisotopic (exact) mass is 443 g/mol. The summed E-state index contributed by atoms with van der Waals surface area (Å²) < 4.78 is 5.47. The number of amides is 2. The standard InChI is InChI=1S/C26H21NO4S/c1-17-9-11-21(12-10-17)25(29)31-22-8-4-6-19(14-22)15-23-24(28)27(26(30)32-23)16-20-7-3-5-18(2)13-20/h3-15H,16H2,1-2H3/b23-15-. The van der Waals surface area contributed by atoms with Gasteiger partial charge >= 0.3 is 5.97 Å². The van der Waals surface area contributed by atoms with Crippen molar-refractivity contribution in [3.63, 3.8) is 0 Å². The molecule has 0 N–H and O–H groups in total. The number of benzene rings is 3. The first-order valence-corrected chi connectivity index (χ1v) is 10.9. The number of esters is 1. The van der Waals surface area contributed by atoms with E-state index in [1.165, 1.54) is 4.90 Å². The minimum atomic E-state index is -0.458. The van der Waals surface area contributed by atoms with Crippen molar-refractivity contribution < 1.29 is 19.1 Å². The molecule has 160 valence electrons. The van der Waals surface area contributed by atoms with Crippen LogP contribution in [0.15, 0.2) is 77.7 Å². The fraction of sp³-hybridized carbons (Fsp3) is 0.115. The van der Waals surface area contributed by atoms with Gasteiger partial charge in [-0.2, -0.15) is 0 Å². The normalized spacial score (nSPS) is 14.8. The zero-order chi connectivity index (χ0) is 22.7. The summed E-state index contributed by atoms with van der Waals surface area (Å²) in [6.45, 7) is 4.15. The SMILES string of the molecule is Cc1ccc(C(=O)Oc2cccc(/C=C3\SC(=O)N(Cc4cccc(C)c4)C3=O)c2)cc1. The van der Waals surface area contributed by atoms with Gasteiger partial charge in [0.2, 0.25) is 0 Å². The Bertz CT molecular complexity index is 1230. The highest BCUT2D eigenvalue weighted by Crippen LogP contribution is 2.33. The molecule has 1 aliphatic rings. The molecule has 5 nitrogen and oxygen atoms in total. The number of ether oxygens (including phenoxy) is 1. The van der Waals surface area contributed by atoms with Gasteiger partial charge in [0.15, 0.2) is 0 Å². The molecule has 4 rings (SSSR count). The van der Waals surface area contributed by atoms with Gasteiger partial charge < -0.3 is 4.74 Å². The molecular formula is C26H21NO4S. The lowest BCUT2D eigenvalue weighted by atomic mass is 10.1. The van der Waals surface area contributed by atoms with Crippen molar-refractivity contribution in [2.24, 2.45) is 0 Å². The maximum absolute atomic E-state index is 12.8. The summed E-state index contributed by atoms with van der Waals surface area (Å²) in [4.78, 5) is 39.2. The van der Waals surface area contributed by atoms with E-state index in [-0.39, 0.29) is 17.7 Å². The highest BCUT2D eigenvalue weighted by molar-refractivity contribution is 8.18. The Morgan fingerprint density at radius 2 is 1.69 bits per heavy atom. The van der Waals surface area contributed by atoms with Gasteiger partial charge in [-0.3, -0.25) is 14.5 Å². The molecule has 0 atom stereocenters. The quantitative estimate of drug-likeness (QED) is 0.285. The van der Waals surface area contributed by atoms with E-state index in [1.807, 2.05) is 50.2 Å². The number of aryl methyl sites for hydroxylation is 2. The van der Waals surface area contributed by atoms with Crippen LogP contribution in [-0.4, -0.2) is 22.0 Å². The second kappa shape index (κ2) is 9.24. The predicted octanol–water partition coefficient (Wildman–Crippen LogP) is 5.76. The van der Waals surface area contributed by atoms with Crippen molar-refractivity contribution in [2.45, 2.75) is 20.4 Å². The van der Waals surface area contributed by atoms with E-state index >= 15 is 0 Å². The third-order valence-electron chi connectivity index (χ3n) is 4.95. The van der Waals surface area contributed by atoms with Gasteiger partial charge in [0, 0.05) is 0 Å². The number of carbonyl (C=O) groups excluding carboxylic acids is 3. The summed E-state index contributed by atoms with van der Waals surface area (Å²) in [5.41, 5.74) is 4.15. The van der Waals surface area contributed by atoms with Crippen molar-refractivity contribution in [3.8, 4) is 5.75 Å². The molecule has 6 heteroatoms. The summed E-state index contributed by atoms with van der Waals surface area (Å²) in [5, 5.41) is -0.301. The van der Waals surface area contributed by atoms with Crippen molar-refractivity contribution in [1.82, 2.24) is 4.90 Å². The Hall–Kier alpha value is -3.64. The van der Waals surface area contributed by atoms with Gasteiger partial charge in [-0.05, 0) is 67.1 Å². The number of nitrogens with zero attached hydrogens (tertiary/aromatic N) is 1. The lowest BCUT2D eigenvalue weighted by molar-refractivity contribution is -0.123. The van der Waals surface area contributed by atoms with Crippen LogP contribution in [0.2, 0.25) is 0 Å². The summed E-state index contributed by atoms with van der Waals surface area (Å²) in [5.74, 6) is -0.424. The van der Waals surface area contributed by atoms with Crippen LogP contribution in [0, 0.1) is 13.8 Å². The first-order valence-electron chi connectivity index (χ1n) is 10.1. The van der Waals surface area contributed by atoms with Crippen LogP contribution in [0.4, 0.5) is 4.79 Å². The maximum Gasteiger partial charge on any atom is 0.343 e. The molecule has 1 fully saturated rings. The lowest BCUT2D eigenvalue weighted by Gasteiger charge is -2.12. The van der Waals surface area contributed by atoms with Gasteiger partial charge in [0.25, 0.3) is 11.1 Å². The Morgan fingerprint density at radius 3 is 2.44 bits per heavy atom. The van der Waals surface area contributed by atoms with E-state index in [4.69, 9.17) is 4.74 Å². The number of rotatable bonds is 5. The van der Waals surface area contributed by atoms with Crippen LogP contribution >= 0.6 is 11.8 Å². The Kier molecular flexibility index (Phi) is 6.23. The molecule has 3 aromatic carbocycles. The van der Waals surface area contributed by atoms with Crippen LogP contribution in [0.1, 0.15) is 32.6 Å². The molecule has 0 bridgehead atoms. The third kappa shape index (κ3) is 4.98. The minimum absolute atomic E-state index is 0.234. The van der Waals surface area contributed by atoms with Gasteiger partial charge in [-0.1, -0.05) is 59.7 Å². The number of carbonyl (C=O) groups is 3. The molecule has 0 radical (unpaired) electrons. The fourth-order valence-electron chi connectivity index (χ4n) is 3.30. The average molecular weight is 444 g/mol. The van der Waals surface area contributed by atoms with Crippen LogP contribution in [0.3, 0.4) is 0 Å². The van der Waals surface area contributed by atoms with Gasteiger partial charge in [0.05, 0.1) is 17.0 Å². The summed E-state index contributed by atoms with van der Waals surface area (Å²) >= 11 is 0.909. The largest absolute Gasteiger partial charge is 0.423 e. The summed E-state index contributed by atoms with van der Waals surface area (Å²) in [6, 6.07) is 21.7. The second-order valence-electron chi connectivity index (χ2n) is 7.58. The molecule has 0 unspecified atom stereocenters. The molecule has 3 aromatic rings. The van der Waals surface area contributed by atoms with Crippen molar-refractivity contribution >= 4 is 35.0 Å². The summed E-state index contributed by atoms with van der Waals surface area (Å²) in [6.07, 6.45) is 1.64. The van der Waals surface area contributed by atoms with E-state index in [0.717, 1.165) is 28.5 Å². The molecule has 0 spiro atoms. The topological polar surface area (TPSA) is 63.7 Å². The van der Waals surface area contributed by atoms with Crippen LogP contribution < -0.4 is 4.74 Å². The molecule has 1 saturated heterocycles. The number of hydrogen-bond donors (Lipinski definition) is 0. The van der Waals surface area contributed by atoms with Crippen molar-refractivity contribution in [2.75, 3.05) is 0 Å². The lowest BCUT2D eigenvalue weighted by Crippen LogP contribution is -2.27. The number of hydrogen-bond acceptors (Lipinski definition) is 5. The highest BCUT2D eigenvalue weighted by atomic mass is 32.2. The van der Waals surface area contributed by atoms with Gasteiger partial charge in [-0.15, -0.1) is 0 Å². The smallest absolute Gasteiger partial charge is 0.343 e. The molecule has 32 heavy (non-hydrogen) atoms. The van der Waals surface area contributed by atoms with Crippen LogP contribution in [0.5, 0.6) is 5.75 Å². The molecule has 0 saturated carbocycles. The molecule has 0 aromatic heterocycles. The predicted molar refractivity (Wildman–Crippen MR) is 125 cm³/mol. The van der Waals surface area contributed by atoms with Crippen LogP contribution in [-0.2, 0) is 11.3 Å². The van der Waals surface area contributed by atoms with E-state index in [9.17, 15) is 14.4 Å². The Labute approximate surface area is 190 Å². The van der Waals surface area contributed by atoms with Crippen LogP contribution in [0.25, 0.3) is 6.08 Å².